The Kier molecular flexibility index (Phi) is 4.45. The maximum Gasteiger partial charge on any atom is 0.261 e. The summed E-state index contributed by atoms with van der Waals surface area (Å²) in [7, 11) is 1.43. The minimum absolute atomic E-state index is 0.0453. The highest BCUT2D eigenvalue weighted by Gasteiger charge is 2.11. The largest absolute Gasteiger partial charge is 0.322 e. The van der Waals surface area contributed by atoms with Crippen LogP contribution in [0.5, 0.6) is 0 Å². The van der Waals surface area contributed by atoms with E-state index in [1.807, 2.05) is 12.1 Å². The van der Waals surface area contributed by atoms with Crippen molar-refractivity contribution >= 4 is 37.4 Å². The van der Waals surface area contributed by atoms with E-state index >= 15 is 0 Å². The second-order valence-corrected chi connectivity index (χ2v) is 6.81. The summed E-state index contributed by atoms with van der Waals surface area (Å²) in [6.45, 7) is 3.65. The van der Waals surface area contributed by atoms with Crippen LogP contribution in [0.25, 0.3) is 6.08 Å². The fraction of sp³-hybridized carbons (Fsp3) is 0. The van der Waals surface area contributed by atoms with Crippen molar-refractivity contribution < 1.29 is 13.2 Å². The summed E-state index contributed by atoms with van der Waals surface area (Å²) in [4.78, 5) is 12.0. The molecular weight excluding hydrogens is 310 g/mol. The van der Waals surface area contributed by atoms with Crippen molar-refractivity contribution in [2.75, 3.05) is 5.32 Å². The summed E-state index contributed by atoms with van der Waals surface area (Å²) in [6.07, 6.45) is 1.71. The molecule has 4 nitrogen and oxygen atoms in total. The van der Waals surface area contributed by atoms with Gasteiger partial charge in [-0.1, -0.05) is 24.8 Å². The van der Waals surface area contributed by atoms with Crippen LogP contribution in [0.4, 0.5) is 5.69 Å². The average Bonchev–Trinajstić information content (AvgIpc) is 2.47. The molecule has 0 fully saturated rings. The van der Waals surface area contributed by atoms with Crippen LogP contribution in [0.15, 0.2) is 60.0 Å². The van der Waals surface area contributed by atoms with E-state index in [0.29, 0.717) is 11.3 Å². The smallest absolute Gasteiger partial charge is 0.261 e. The van der Waals surface area contributed by atoms with Gasteiger partial charge in [-0.25, -0.2) is 8.42 Å². The number of nitrogens with one attached hydrogen (secondary N) is 1. The lowest BCUT2D eigenvalue weighted by Gasteiger charge is -2.06. The molecule has 2 aromatic carbocycles. The highest BCUT2D eigenvalue weighted by Crippen LogP contribution is 2.16. The van der Waals surface area contributed by atoms with Crippen molar-refractivity contribution in [1.29, 1.82) is 0 Å². The number of benzene rings is 2. The lowest BCUT2D eigenvalue weighted by atomic mass is 10.2. The van der Waals surface area contributed by atoms with Gasteiger partial charge in [0.1, 0.15) is 0 Å². The Morgan fingerprint density at radius 1 is 1.05 bits per heavy atom. The van der Waals surface area contributed by atoms with Gasteiger partial charge in [-0.05, 0) is 42.0 Å². The third-order valence-electron chi connectivity index (χ3n) is 2.80. The Balaban J connectivity index is 2.14. The summed E-state index contributed by atoms with van der Waals surface area (Å²) in [6, 6.07) is 12.6. The molecule has 0 radical (unpaired) electrons. The van der Waals surface area contributed by atoms with Gasteiger partial charge in [0.25, 0.3) is 15.0 Å². The van der Waals surface area contributed by atoms with E-state index in [2.05, 4.69) is 11.9 Å². The highest BCUT2D eigenvalue weighted by atomic mass is 35.7. The van der Waals surface area contributed by atoms with Crippen LogP contribution in [0.2, 0.25) is 0 Å². The Bertz CT molecular complexity index is 766. The Morgan fingerprint density at radius 2 is 1.62 bits per heavy atom. The van der Waals surface area contributed by atoms with E-state index in [1.165, 1.54) is 24.3 Å². The normalized spacial score (nSPS) is 10.9. The van der Waals surface area contributed by atoms with Crippen LogP contribution >= 0.6 is 10.7 Å². The van der Waals surface area contributed by atoms with Gasteiger partial charge in [0.05, 0.1) is 4.90 Å². The average molecular weight is 322 g/mol. The molecule has 0 saturated heterocycles. The first-order valence-corrected chi connectivity index (χ1v) is 8.29. The van der Waals surface area contributed by atoms with Crippen LogP contribution in [0.3, 0.4) is 0 Å². The maximum atomic E-state index is 12.0. The molecule has 0 aliphatic carbocycles. The highest BCUT2D eigenvalue weighted by molar-refractivity contribution is 8.13. The van der Waals surface area contributed by atoms with Crippen molar-refractivity contribution in [3.63, 3.8) is 0 Å². The molecule has 0 atom stereocenters. The topological polar surface area (TPSA) is 63.2 Å². The maximum absolute atomic E-state index is 12.0. The van der Waals surface area contributed by atoms with Gasteiger partial charge in [0.2, 0.25) is 0 Å². The number of rotatable bonds is 4. The second-order valence-electron chi connectivity index (χ2n) is 4.24. The van der Waals surface area contributed by atoms with Gasteiger partial charge in [-0.15, -0.1) is 0 Å². The molecule has 0 unspecified atom stereocenters. The SMILES string of the molecule is C=Cc1ccc(NC(=O)c2ccc(S(=O)(=O)Cl)cc2)cc1. The summed E-state index contributed by atoms with van der Waals surface area (Å²) in [5, 5.41) is 2.71. The van der Waals surface area contributed by atoms with E-state index in [4.69, 9.17) is 10.7 Å². The van der Waals surface area contributed by atoms with E-state index in [1.54, 1.807) is 18.2 Å². The standard InChI is InChI=1S/C15H12ClNO3S/c1-2-11-3-7-13(8-4-11)17-15(18)12-5-9-14(10-6-12)21(16,19)20/h2-10H,1H2,(H,17,18). The quantitative estimate of drug-likeness (QED) is 0.876. The van der Waals surface area contributed by atoms with Gasteiger partial charge in [-0.2, -0.15) is 0 Å². The molecule has 0 aliphatic rings. The van der Waals surface area contributed by atoms with Gasteiger partial charge < -0.3 is 5.32 Å². The number of amides is 1. The van der Waals surface area contributed by atoms with E-state index < -0.39 is 9.05 Å². The molecule has 0 saturated carbocycles. The van der Waals surface area contributed by atoms with Crippen molar-refractivity contribution in [2.24, 2.45) is 0 Å². The number of carbonyl (C=O) groups is 1. The predicted molar refractivity (Wildman–Crippen MR) is 84.0 cm³/mol. The van der Waals surface area contributed by atoms with Crippen LogP contribution in [0.1, 0.15) is 15.9 Å². The molecule has 108 valence electrons. The Labute approximate surface area is 127 Å². The third kappa shape index (κ3) is 3.93. The predicted octanol–water partition coefficient (Wildman–Crippen LogP) is 3.51. The molecule has 2 aromatic rings. The molecule has 6 heteroatoms. The molecule has 0 spiro atoms. The minimum Gasteiger partial charge on any atom is -0.322 e. The molecule has 0 aromatic heterocycles. The lowest BCUT2D eigenvalue weighted by molar-refractivity contribution is 0.102. The molecule has 0 aliphatic heterocycles. The zero-order chi connectivity index (χ0) is 15.5. The van der Waals surface area contributed by atoms with Crippen LogP contribution in [-0.4, -0.2) is 14.3 Å². The van der Waals surface area contributed by atoms with Crippen LogP contribution in [-0.2, 0) is 9.05 Å². The molecule has 0 bridgehead atoms. The van der Waals surface area contributed by atoms with E-state index in [-0.39, 0.29) is 10.8 Å². The fourth-order valence-corrected chi connectivity index (χ4v) is 2.44. The molecule has 1 amide bonds. The Morgan fingerprint density at radius 3 is 2.10 bits per heavy atom. The van der Waals surface area contributed by atoms with Gasteiger partial charge in [-0.3, -0.25) is 4.79 Å². The monoisotopic (exact) mass is 321 g/mol. The number of hydrogen-bond acceptors (Lipinski definition) is 3. The van der Waals surface area contributed by atoms with E-state index in [9.17, 15) is 13.2 Å². The first-order valence-electron chi connectivity index (χ1n) is 5.99. The number of carbonyl (C=O) groups excluding carboxylic acids is 1. The van der Waals surface area contributed by atoms with Gasteiger partial charge >= 0.3 is 0 Å². The summed E-state index contributed by atoms with van der Waals surface area (Å²) in [5.41, 5.74) is 1.93. The number of hydrogen-bond donors (Lipinski definition) is 1. The first-order chi connectivity index (χ1) is 9.90. The van der Waals surface area contributed by atoms with Crippen molar-refractivity contribution in [3.8, 4) is 0 Å². The number of anilines is 1. The molecule has 2 rings (SSSR count). The van der Waals surface area contributed by atoms with Crippen molar-refractivity contribution in [1.82, 2.24) is 0 Å². The lowest BCUT2D eigenvalue weighted by Crippen LogP contribution is -2.11. The van der Waals surface area contributed by atoms with Crippen molar-refractivity contribution in [2.45, 2.75) is 4.90 Å². The van der Waals surface area contributed by atoms with Gasteiger partial charge in [0.15, 0.2) is 0 Å². The summed E-state index contributed by atoms with van der Waals surface area (Å²) >= 11 is 0. The Hall–Kier alpha value is -2.11. The van der Waals surface area contributed by atoms with E-state index in [0.717, 1.165) is 5.56 Å². The zero-order valence-electron chi connectivity index (χ0n) is 10.9. The minimum atomic E-state index is -3.78. The zero-order valence-corrected chi connectivity index (χ0v) is 12.5. The molecular formula is C15H12ClNO3S. The van der Waals surface area contributed by atoms with Crippen molar-refractivity contribution in [3.05, 3.63) is 66.2 Å². The molecule has 1 N–H and O–H groups in total. The van der Waals surface area contributed by atoms with Crippen LogP contribution < -0.4 is 5.32 Å². The second kappa shape index (κ2) is 6.11. The fourth-order valence-electron chi connectivity index (χ4n) is 1.67. The van der Waals surface area contributed by atoms with Gasteiger partial charge in [0, 0.05) is 21.9 Å². The number of halogens is 1. The molecule has 21 heavy (non-hydrogen) atoms. The third-order valence-corrected chi connectivity index (χ3v) is 4.17. The first kappa shape index (κ1) is 15.3. The summed E-state index contributed by atoms with van der Waals surface area (Å²) in [5.74, 6) is -0.333. The van der Waals surface area contributed by atoms with Crippen LogP contribution in [0, 0.1) is 0 Å². The summed E-state index contributed by atoms with van der Waals surface area (Å²) < 4.78 is 22.2. The molecule has 0 heterocycles.